The Hall–Kier alpha value is -3.20. The number of hydrogen-bond acceptors (Lipinski definition) is 7. The smallest absolute Gasteiger partial charge is 0.326 e. The first-order valence-electron chi connectivity index (χ1n) is 10.6. The fraction of sp³-hybridized carbons (Fsp3) is 0.364. The van der Waals surface area contributed by atoms with Crippen molar-refractivity contribution in [3.63, 3.8) is 0 Å². The highest BCUT2D eigenvalue weighted by Crippen LogP contribution is 2.39. The molecule has 1 N–H and O–H groups in total. The summed E-state index contributed by atoms with van der Waals surface area (Å²) in [6.45, 7) is 3.79. The van der Waals surface area contributed by atoms with Crippen LogP contribution in [0.5, 0.6) is 11.8 Å². The highest BCUT2D eigenvalue weighted by molar-refractivity contribution is 6.30. The molecule has 2 aromatic heterocycles. The third-order valence-corrected chi connectivity index (χ3v) is 6.28. The van der Waals surface area contributed by atoms with Crippen molar-refractivity contribution in [2.24, 2.45) is 11.8 Å². The molecule has 2 fully saturated rings. The Labute approximate surface area is 190 Å². The summed E-state index contributed by atoms with van der Waals surface area (Å²) in [7, 11) is 0. The lowest BCUT2D eigenvalue weighted by Crippen LogP contribution is -2.48. The lowest BCUT2D eigenvalue weighted by atomic mass is 9.92. The summed E-state index contributed by atoms with van der Waals surface area (Å²) in [5.74, 6) is 2.75. The second kappa shape index (κ2) is 8.74. The number of piperidine rings is 1. The minimum Gasteiger partial charge on any atom is -0.424 e. The van der Waals surface area contributed by atoms with E-state index < -0.39 is 0 Å². The van der Waals surface area contributed by atoms with E-state index in [4.69, 9.17) is 16.3 Å². The Bertz CT molecular complexity index is 1120. The molecule has 32 heavy (non-hydrogen) atoms. The predicted molar refractivity (Wildman–Crippen MR) is 121 cm³/mol. The van der Waals surface area contributed by atoms with Gasteiger partial charge in [0, 0.05) is 35.9 Å². The van der Waals surface area contributed by atoms with Crippen LogP contribution in [0.25, 0.3) is 6.20 Å². The number of aryl methyl sites for hydroxylation is 1. The number of ether oxygens (including phenoxy) is 1. The number of nitrogens with one attached hydrogen (secondary N) is 1. The van der Waals surface area contributed by atoms with Gasteiger partial charge in [-0.2, -0.15) is 9.67 Å². The average molecular weight is 456 g/mol. The van der Waals surface area contributed by atoms with Crippen LogP contribution >= 0.6 is 11.6 Å². The van der Waals surface area contributed by atoms with Crippen LogP contribution in [0.1, 0.15) is 18.5 Å². The van der Waals surface area contributed by atoms with Gasteiger partial charge in [-0.05, 0) is 49.8 Å². The molecule has 0 unspecified atom stereocenters. The molecule has 0 amide bonds. The fourth-order valence-corrected chi connectivity index (χ4v) is 4.81. The lowest BCUT2D eigenvalue weighted by molar-refractivity contribution is 0.374. The van der Waals surface area contributed by atoms with Crippen LogP contribution in [-0.2, 0) is 0 Å². The molecule has 3 heterocycles. The summed E-state index contributed by atoms with van der Waals surface area (Å²) in [5, 5.41) is 8.39. The minimum atomic E-state index is 0.157. The zero-order valence-electron chi connectivity index (χ0n) is 17.5. The molecule has 1 saturated carbocycles. The largest absolute Gasteiger partial charge is 0.424 e. The average Bonchev–Trinajstić information content (AvgIpc) is 3.23. The van der Waals surface area contributed by atoms with Crippen LogP contribution in [-0.4, -0.2) is 43.9 Å². The van der Waals surface area contributed by atoms with E-state index in [0.29, 0.717) is 34.9 Å². The number of fused-ring (bicyclic) bond motifs is 2. The maximum atomic E-state index is 12.9. The summed E-state index contributed by atoms with van der Waals surface area (Å²) in [6.07, 6.45) is 5.43. The van der Waals surface area contributed by atoms with Gasteiger partial charge >= 0.3 is 6.01 Å². The van der Waals surface area contributed by atoms with Gasteiger partial charge in [0.1, 0.15) is 24.2 Å². The van der Waals surface area contributed by atoms with E-state index in [1.165, 1.54) is 4.68 Å². The quantitative estimate of drug-likeness (QED) is 0.584. The van der Waals surface area contributed by atoms with Crippen molar-refractivity contribution in [1.82, 2.24) is 24.7 Å². The molecule has 5 rings (SSSR count). The molecule has 0 radical (unpaired) electrons. The van der Waals surface area contributed by atoms with Crippen molar-refractivity contribution in [3.8, 4) is 11.8 Å². The van der Waals surface area contributed by atoms with Crippen LogP contribution in [0.15, 0.2) is 43.0 Å². The Morgan fingerprint density at radius 1 is 1.19 bits per heavy atom. The Morgan fingerprint density at radius 2 is 2.00 bits per heavy atom. The van der Waals surface area contributed by atoms with Crippen LogP contribution in [0.2, 0.25) is 5.02 Å². The van der Waals surface area contributed by atoms with Crippen LogP contribution in [0, 0.1) is 18.8 Å². The topological polar surface area (TPSA) is 81.0 Å². The molecule has 0 spiro atoms. The number of halogens is 2. The molecular weight excluding hydrogens is 433 g/mol. The van der Waals surface area contributed by atoms with Crippen molar-refractivity contribution >= 4 is 29.6 Å². The number of hydrogen-bond donors (Lipinski definition) is 1. The molecule has 3 aromatic rings. The number of rotatable bonds is 6. The van der Waals surface area contributed by atoms with Crippen LogP contribution < -0.4 is 15.0 Å². The van der Waals surface area contributed by atoms with Crippen molar-refractivity contribution in [2.45, 2.75) is 25.8 Å². The zero-order chi connectivity index (χ0) is 22.1. The van der Waals surface area contributed by atoms with E-state index >= 15 is 0 Å². The molecule has 166 valence electrons. The van der Waals surface area contributed by atoms with Crippen LogP contribution in [0.3, 0.4) is 0 Å². The van der Waals surface area contributed by atoms with Gasteiger partial charge in [0.15, 0.2) is 0 Å². The van der Waals surface area contributed by atoms with E-state index in [-0.39, 0.29) is 12.1 Å². The molecule has 1 aliphatic carbocycles. The van der Waals surface area contributed by atoms with Gasteiger partial charge in [0.2, 0.25) is 5.95 Å². The molecule has 3 atom stereocenters. The van der Waals surface area contributed by atoms with E-state index in [1.54, 1.807) is 30.6 Å². The molecule has 2 aliphatic rings. The molecule has 1 aromatic carbocycles. The van der Waals surface area contributed by atoms with Crippen LogP contribution in [0.4, 0.5) is 16.2 Å². The van der Waals surface area contributed by atoms with E-state index in [2.05, 4.69) is 30.3 Å². The lowest BCUT2D eigenvalue weighted by Gasteiger charge is -2.38. The SMILES string of the molecule is Cc1cc(N2C[C@H]3CC[C@@H](C2)[C@@H]3Nc2nc(Oc3cccc(Cl)c3)n(C=CF)n2)ncn1. The zero-order valence-corrected chi connectivity index (χ0v) is 18.3. The summed E-state index contributed by atoms with van der Waals surface area (Å²) < 4.78 is 20.0. The predicted octanol–water partition coefficient (Wildman–Crippen LogP) is 4.55. The summed E-state index contributed by atoms with van der Waals surface area (Å²) >= 11 is 6.03. The first-order chi connectivity index (χ1) is 15.6. The molecule has 1 saturated heterocycles. The summed E-state index contributed by atoms with van der Waals surface area (Å²) in [6, 6.07) is 9.35. The van der Waals surface area contributed by atoms with Crippen molar-refractivity contribution in [2.75, 3.05) is 23.3 Å². The molecular formula is C22H23ClFN7O. The number of anilines is 2. The van der Waals surface area contributed by atoms with Crippen molar-refractivity contribution in [1.29, 1.82) is 0 Å². The normalized spacial score (nSPS) is 22.5. The molecule has 1 aliphatic heterocycles. The number of benzene rings is 1. The monoisotopic (exact) mass is 455 g/mol. The van der Waals surface area contributed by atoms with Gasteiger partial charge in [-0.1, -0.05) is 17.7 Å². The molecule has 8 nitrogen and oxygen atoms in total. The number of aromatic nitrogens is 5. The number of nitrogens with zero attached hydrogens (tertiary/aromatic N) is 6. The first kappa shape index (κ1) is 20.7. The minimum absolute atomic E-state index is 0.157. The van der Waals surface area contributed by atoms with Gasteiger partial charge in [0.25, 0.3) is 0 Å². The summed E-state index contributed by atoms with van der Waals surface area (Å²) in [4.78, 5) is 15.4. The van der Waals surface area contributed by atoms with E-state index in [0.717, 1.165) is 43.6 Å². The molecule has 2 bridgehead atoms. The highest BCUT2D eigenvalue weighted by atomic mass is 35.5. The third-order valence-electron chi connectivity index (χ3n) is 6.05. The van der Waals surface area contributed by atoms with Crippen molar-refractivity contribution in [3.05, 3.63) is 53.7 Å². The van der Waals surface area contributed by atoms with Crippen molar-refractivity contribution < 1.29 is 9.13 Å². The second-order valence-corrected chi connectivity index (χ2v) is 8.62. The van der Waals surface area contributed by atoms with Gasteiger partial charge < -0.3 is 15.0 Å². The Morgan fingerprint density at radius 3 is 2.72 bits per heavy atom. The van der Waals surface area contributed by atoms with Gasteiger partial charge in [0.05, 0.1) is 6.20 Å². The standard InChI is InChI=1S/C22H23ClFN7O/c1-14-9-19(26-13-25-14)30-11-15-5-6-16(12-30)20(15)27-21-28-22(31(29-21)8-7-24)32-18-4-2-3-17(23)10-18/h2-4,7-10,13,15-16,20H,5-6,11-12H2,1H3,(H,27,29)/t15-,16+,20-. The maximum Gasteiger partial charge on any atom is 0.326 e. The second-order valence-electron chi connectivity index (χ2n) is 8.19. The Balaban J connectivity index is 1.32. The fourth-order valence-electron chi connectivity index (χ4n) is 4.63. The summed E-state index contributed by atoms with van der Waals surface area (Å²) in [5.41, 5.74) is 0.963. The van der Waals surface area contributed by atoms with E-state index in [9.17, 15) is 4.39 Å². The maximum absolute atomic E-state index is 12.9. The third kappa shape index (κ3) is 4.25. The highest BCUT2D eigenvalue weighted by Gasteiger charge is 2.43. The first-order valence-corrected chi connectivity index (χ1v) is 10.9. The van der Waals surface area contributed by atoms with Gasteiger partial charge in [-0.25, -0.2) is 14.4 Å². The Kier molecular flexibility index (Phi) is 5.65. The van der Waals surface area contributed by atoms with E-state index in [1.807, 2.05) is 13.0 Å². The van der Waals surface area contributed by atoms with Gasteiger partial charge in [-0.15, -0.1) is 5.10 Å². The molecule has 10 heteroatoms. The van der Waals surface area contributed by atoms with Gasteiger partial charge in [-0.3, -0.25) is 0 Å².